The number of alkyl halides is 1. The Balaban J connectivity index is 2.76. The molecule has 0 saturated heterocycles. The SMILES string of the molecule is CC(C)[C@H](F)Nc1cc(N)nc(Cl)n1. The predicted molar refractivity (Wildman–Crippen MR) is 54.8 cm³/mol. The number of anilines is 2. The first-order chi connectivity index (χ1) is 6.49. The standard InChI is InChI=1S/C8H12ClFN4/c1-4(2)7(10)13-6-3-5(11)12-8(9)14-6/h3-4,7H,1-2H3,(H3,11,12,13,14)/t7-/m1/s1. The Bertz CT molecular complexity index is 298. The van der Waals surface area contributed by atoms with Gasteiger partial charge in [-0.15, -0.1) is 0 Å². The Morgan fingerprint density at radius 2 is 2.14 bits per heavy atom. The molecule has 0 aliphatic carbocycles. The van der Waals surface area contributed by atoms with Crippen LogP contribution in [-0.4, -0.2) is 16.3 Å². The van der Waals surface area contributed by atoms with Crippen molar-refractivity contribution in [1.29, 1.82) is 0 Å². The quantitative estimate of drug-likeness (QED) is 0.602. The lowest BCUT2D eigenvalue weighted by molar-refractivity contribution is 0.289. The summed E-state index contributed by atoms with van der Waals surface area (Å²) in [4.78, 5) is 7.44. The highest BCUT2D eigenvalue weighted by molar-refractivity contribution is 6.28. The molecule has 0 bridgehead atoms. The van der Waals surface area contributed by atoms with Crippen LogP contribution in [-0.2, 0) is 0 Å². The molecule has 0 unspecified atom stereocenters. The first kappa shape index (κ1) is 11.0. The van der Waals surface area contributed by atoms with E-state index in [0.717, 1.165) is 0 Å². The molecule has 1 aromatic heterocycles. The van der Waals surface area contributed by atoms with Crippen LogP contribution >= 0.6 is 11.6 Å². The van der Waals surface area contributed by atoms with E-state index in [0.29, 0.717) is 5.82 Å². The third kappa shape index (κ3) is 2.99. The Morgan fingerprint density at radius 3 is 2.64 bits per heavy atom. The second-order valence-electron chi connectivity index (χ2n) is 3.24. The highest BCUT2D eigenvalue weighted by Crippen LogP contribution is 2.15. The summed E-state index contributed by atoms with van der Waals surface area (Å²) in [5, 5.41) is 2.54. The minimum Gasteiger partial charge on any atom is -0.383 e. The second kappa shape index (κ2) is 4.41. The summed E-state index contributed by atoms with van der Waals surface area (Å²) in [5.41, 5.74) is 5.41. The van der Waals surface area contributed by atoms with E-state index in [9.17, 15) is 4.39 Å². The average molecular weight is 219 g/mol. The molecule has 78 valence electrons. The maximum absolute atomic E-state index is 13.2. The number of hydrogen-bond acceptors (Lipinski definition) is 4. The summed E-state index contributed by atoms with van der Waals surface area (Å²) in [7, 11) is 0. The molecular formula is C8H12ClFN4. The monoisotopic (exact) mass is 218 g/mol. The van der Waals surface area contributed by atoms with Crippen LogP contribution in [0.4, 0.5) is 16.0 Å². The molecule has 1 heterocycles. The number of rotatable bonds is 3. The molecule has 0 aliphatic rings. The van der Waals surface area contributed by atoms with Crippen molar-refractivity contribution in [3.63, 3.8) is 0 Å². The van der Waals surface area contributed by atoms with E-state index in [2.05, 4.69) is 15.3 Å². The van der Waals surface area contributed by atoms with E-state index >= 15 is 0 Å². The number of nitrogens with one attached hydrogen (secondary N) is 1. The minimum absolute atomic E-state index is 0.00320. The number of nitrogen functional groups attached to an aromatic ring is 1. The van der Waals surface area contributed by atoms with E-state index < -0.39 is 6.30 Å². The lowest BCUT2D eigenvalue weighted by Crippen LogP contribution is -2.20. The third-order valence-corrected chi connectivity index (χ3v) is 1.76. The second-order valence-corrected chi connectivity index (χ2v) is 3.58. The lowest BCUT2D eigenvalue weighted by Gasteiger charge is -2.14. The van der Waals surface area contributed by atoms with Crippen LogP contribution in [0.15, 0.2) is 6.07 Å². The molecule has 0 saturated carbocycles. The van der Waals surface area contributed by atoms with Crippen LogP contribution in [0.5, 0.6) is 0 Å². The molecule has 1 rings (SSSR count). The lowest BCUT2D eigenvalue weighted by atomic mass is 10.2. The maximum Gasteiger partial charge on any atom is 0.226 e. The van der Waals surface area contributed by atoms with E-state index in [4.69, 9.17) is 17.3 Å². The molecule has 0 aliphatic heterocycles. The van der Waals surface area contributed by atoms with Gasteiger partial charge in [-0.2, -0.15) is 0 Å². The van der Waals surface area contributed by atoms with Crippen LogP contribution in [0, 0.1) is 5.92 Å². The molecule has 3 N–H and O–H groups in total. The van der Waals surface area contributed by atoms with Gasteiger partial charge in [-0.05, 0) is 11.6 Å². The third-order valence-electron chi connectivity index (χ3n) is 1.59. The largest absolute Gasteiger partial charge is 0.383 e. The van der Waals surface area contributed by atoms with Gasteiger partial charge in [0.1, 0.15) is 11.6 Å². The highest BCUT2D eigenvalue weighted by atomic mass is 35.5. The number of nitrogens with zero attached hydrogens (tertiary/aromatic N) is 2. The van der Waals surface area contributed by atoms with E-state index in [1.54, 1.807) is 13.8 Å². The van der Waals surface area contributed by atoms with Gasteiger partial charge in [0.05, 0.1) is 0 Å². The van der Waals surface area contributed by atoms with Gasteiger partial charge >= 0.3 is 0 Å². The molecule has 14 heavy (non-hydrogen) atoms. The fraction of sp³-hybridized carbons (Fsp3) is 0.500. The zero-order chi connectivity index (χ0) is 10.7. The van der Waals surface area contributed by atoms with Gasteiger partial charge in [-0.3, -0.25) is 0 Å². The summed E-state index contributed by atoms with van der Waals surface area (Å²) >= 11 is 5.55. The topological polar surface area (TPSA) is 63.8 Å². The van der Waals surface area contributed by atoms with E-state index in [1.807, 2.05) is 0 Å². The predicted octanol–water partition coefficient (Wildman–Crippen LogP) is 2.08. The molecule has 0 aromatic carbocycles. The minimum atomic E-state index is -1.18. The van der Waals surface area contributed by atoms with Crippen LogP contribution in [0.3, 0.4) is 0 Å². The van der Waals surface area contributed by atoms with Crippen molar-refractivity contribution in [2.45, 2.75) is 20.1 Å². The Morgan fingerprint density at radius 1 is 1.50 bits per heavy atom. The zero-order valence-corrected chi connectivity index (χ0v) is 8.72. The van der Waals surface area contributed by atoms with Crippen LogP contribution in [0.1, 0.15) is 13.8 Å². The summed E-state index contributed by atoms with van der Waals surface area (Å²) in [6.07, 6.45) is -1.18. The van der Waals surface area contributed by atoms with Crippen molar-refractivity contribution in [3.8, 4) is 0 Å². The molecule has 0 radical (unpaired) electrons. The average Bonchev–Trinajstić information content (AvgIpc) is 2.01. The van der Waals surface area contributed by atoms with Crippen LogP contribution in [0.25, 0.3) is 0 Å². The smallest absolute Gasteiger partial charge is 0.226 e. The summed E-state index contributed by atoms with van der Waals surface area (Å²) in [6.45, 7) is 3.51. The Hall–Kier alpha value is -1.10. The molecular weight excluding hydrogens is 207 g/mol. The molecule has 0 fully saturated rings. The Kier molecular flexibility index (Phi) is 3.46. The molecule has 4 nitrogen and oxygen atoms in total. The van der Waals surface area contributed by atoms with Crippen molar-refractivity contribution in [1.82, 2.24) is 9.97 Å². The van der Waals surface area contributed by atoms with E-state index in [1.165, 1.54) is 6.07 Å². The summed E-state index contributed by atoms with van der Waals surface area (Å²) < 4.78 is 13.2. The molecule has 1 atom stereocenters. The van der Waals surface area contributed by atoms with Gasteiger partial charge in [0, 0.05) is 12.0 Å². The van der Waals surface area contributed by atoms with Gasteiger partial charge < -0.3 is 11.1 Å². The maximum atomic E-state index is 13.2. The number of halogens is 2. The van der Waals surface area contributed by atoms with Crippen molar-refractivity contribution in [2.75, 3.05) is 11.1 Å². The van der Waals surface area contributed by atoms with Crippen LogP contribution in [0.2, 0.25) is 5.28 Å². The van der Waals surface area contributed by atoms with Crippen molar-refractivity contribution in [2.24, 2.45) is 5.92 Å². The first-order valence-electron chi connectivity index (χ1n) is 4.19. The van der Waals surface area contributed by atoms with Gasteiger partial charge in [0.2, 0.25) is 5.28 Å². The van der Waals surface area contributed by atoms with Gasteiger partial charge in [-0.1, -0.05) is 13.8 Å². The molecule has 6 heteroatoms. The Labute approximate surface area is 86.7 Å². The number of aromatic nitrogens is 2. The highest BCUT2D eigenvalue weighted by Gasteiger charge is 2.12. The van der Waals surface area contributed by atoms with Gasteiger partial charge in [-0.25, -0.2) is 14.4 Å². The molecule has 0 spiro atoms. The molecule has 0 amide bonds. The normalized spacial score (nSPS) is 12.9. The van der Waals surface area contributed by atoms with E-state index in [-0.39, 0.29) is 17.0 Å². The van der Waals surface area contributed by atoms with Crippen molar-refractivity contribution in [3.05, 3.63) is 11.3 Å². The fourth-order valence-electron chi connectivity index (χ4n) is 0.817. The molecule has 1 aromatic rings. The van der Waals surface area contributed by atoms with Crippen molar-refractivity contribution < 1.29 is 4.39 Å². The van der Waals surface area contributed by atoms with Crippen LogP contribution < -0.4 is 11.1 Å². The van der Waals surface area contributed by atoms with Crippen molar-refractivity contribution >= 4 is 23.2 Å². The first-order valence-corrected chi connectivity index (χ1v) is 4.57. The zero-order valence-electron chi connectivity index (χ0n) is 7.96. The van der Waals surface area contributed by atoms with Gasteiger partial charge in [0.25, 0.3) is 0 Å². The fourth-order valence-corrected chi connectivity index (χ4v) is 1.01. The number of nitrogens with two attached hydrogens (primary N) is 1. The summed E-state index contributed by atoms with van der Waals surface area (Å²) in [6, 6.07) is 1.43. The number of hydrogen-bond donors (Lipinski definition) is 2. The van der Waals surface area contributed by atoms with Gasteiger partial charge in [0.15, 0.2) is 6.30 Å². The summed E-state index contributed by atoms with van der Waals surface area (Å²) in [5.74, 6) is 0.358.